The molecule has 0 aliphatic rings. The molecule has 0 atom stereocenters. The molecular weight excluding hydrogens is 226 g/mol. The number of amides is 2. The van der Waals surface area contributed by atoms with Crippen molar-refractivity contribution in [2.45, 2.75) is 19.9 Å². The number of carbonyl (C=O) groups is 2. The Labute approximate surface area is 98.0 Å². The monoisotopic (exact) mass is 241 g/mol. The molecule has 1 heterocycles. The van der Waals surface area contributed by atoms with Gasteiger partial charge in [-0.15, -0.1) is 11.3 Å². The fraction of sp³-hybridized carbons (Fsp3) is 0.400. The number of primary amides is 1. The third-order valence-electron chi connectivity index (χ3n) is 1.89. The summed E-state index contributed by atoms with van der Waals surface area (Å²) in [6, 6.07) is 1.86. The summed E-state index contributed by atoms with van der Waals surface area (Å²) >= 11 is 1.56. The van der Waals surface area contributed by atoms with Crippen LogP contribution in [0.4, 0.5) is 5.69 Å². The van der Waals surface area contributed by atoms with Gasteiger partial charge >= 0.3 is 0 Å². The number of hydrogen-bond donors (Lipinski definition) is 3. The third-order valence-corrected chi connectivity index (χ3v) is 2.81. The average molecular weight is 241 g/mol. The van der Waals surface area contributed by atoms with E-state index in [2.05, 4.69) is 10.6 Å². The number of anilines is 1. The summed E-state index contributed by atoms with van der Waals surface area (Å²) in [4.78, 5) is 22.4. The van der Waals surface area contributed by atoms with Crippen LogP contribution in [0.5, 0.6) is 0 Å². The van der Waals surface area contributed by atoms with E-state index >= 15 is 0 Å². The van der Waals surface area contributed by atoms with Crippen LogP contribution < -0.4 is 16.4 Å². The molecule has 0 fully saturated rings. The van der Waals surface area contributed by atoms with Gasteiger partial charge in [0.15, 0.2) is 0 Å². The summed E-state index contributed by atoms with van der Waals surface area (Å²) in [7, 11) is 0. The standard InChI is InChI=1S/C10H15N3O2S/c1-7(14)13-8-3-5-16-9(8)6-12-4-2-10(11)15/h3,5,12H,2,4,6H2,1H3,(H2,11,15)(H,13,14). The second kappa shape index (κ2) is 6.24. The van der Waals surface area contributed by atoms with Crippen molar-refractivity contribution in [3.05, 3.63) is 16.3 Å². The number of carbonyl (C=O) groups excluding carboxylic acids is 2. The summed E-state index contributed by atoms with van der Waals surface area (Å²) in [5.74, 6) is -0.405. The van der Waals surface area contributed by atoms with Gasteiger partial charge in [-0.25, -0.2) is 0 Å². The van der Waals surface area contributed by atoms with Crippen LogP contribution in [0.1, 0.15) is 18.2 Å². The highest BCUT2D eigenvalue weighted by Gasteiger charge is 2.05. The van der Waals surface area contributed by atoms with E-state index in [9.17, 15) is 9.59 Å². The van der Waals surface area contributed by atoms with Crippen molar-refractivity contribution < 1.29 is 9.59 Å². The Bertz CT molecular complexity index is 376. The minimum atomic E-state index is -0.319. The average Bonchev–Trinajstić information content (AvgIpc) is 2.59. The number of rotatable bonds is 6. The van der Waals surface area contributed by atoms with E-state index in [4.69, 9.17) is 5.73 Å². The van der Waals surface area contributed by atoms with E-state index < -0.39 is 0 Å². The van der Waals surface area contributed by atoms with Gasteiger partial charge in [0.2, 0.25) is 11.8 Å². The molecule has 0 saturated heterocycles. The van der Waals surface area contributed by atoms with Crippen molar-refractivity contribution >= 4 is 28.8 Å². The molecule has 6 heteroatoms. The van der Waals surface area contributed by atoms with Crippen molar-refractivity contribution in [2.75, 3.05) is 11.9 Å². The third kappa shape index (κ3) is 4.41. The maximum absolute atomic E-state index is 10.9. The van der Waals surface area contributed by atoms with Crippen molar-refractivity contribution in [1.82, 2.24) is 5.32 Å². The van der Waals surface area contributed by atoms with Crippen molar-refractivity contribution in [2.24, 2.45) is 5.73 Å². The van der Waals surface area contributed by atoms with Gasteiger partial charge in [0.25, 0.3) is 0 Å². The Hall–Kier alpha value is -1.40. The maximum atomic E-state index is 10.9. The van der Waals surface area contributed by atoms with E-state index in [1.165, 1.54) is 6.92 Å². The lowest BCUT2D eigenvalue weighted by Gasteiger charge is -2.05. The van der Waals surface area contributed by atoms with Gasteiger partial charge in [-0.3, -0.25) is 9.59 Å². The molecule has 2 amide bonds. The highest BCUT2D eigenvalue weighted by atomic mass is 32.1. The molecule has 0 bridgehead atoms. The zero-order valence-corrected chi connectivity index (χ0v) is 9.89. The molecule has 1 aromatic heterocycles. The lowest BCUT2D eigenvalue weighted by atomic mass is 10.3. The lowest BCUT2D eigenvalue weighted by molar-refractivity contribution is -0.118. The van der Waals surface area contributed by atoms with Crippen LogP contribution in [0.15, 0.2) is 11.4 Å². The van der Waals surface area contributed by atoms with Gasteiger partial charge in [0.1, 0.15) is 0 Å². The number of nitrogens with two attached hydrogens (primary N) is 1. The summed E-state index contributed by atoms with van der Waals surface area (Å²) < 4.78 is 0. The summed E-state index contributed by atoms with van der Waals surface area (Å²) in [6.45, 7) is 2.65. The van der Waals surface area contributed by atoms with Gasteiger partial charge in [-0.2, -0.15) is 0 Å². The predicted molar refractivity (Wildman–Crippen MR) is 64.1 cm³/mol. The van der Waals surface area contributed by atoms with E-state index in [0.717, 1.165) is 10.6 Å². The van der Waals surface area contributed by atoms with Crippen LogP contribution in [-0.2, 0) is 16.1 Å². The number of thiophene rings is 1. The Balaban J connectivity index is 2.38. The second-order valence-electron chi connectivity index (χ2n) is 3.33. The van der Waals surface area contributed by atoms with Crippen molar-refractivity contribution in [3.63, 3.8) is 0 Å². The highest BCUT2D eigenvalue weighted by Crippen LogP contribution is 2.21. The van der Waals surface area contributed by atoms with Crippen molar-refractivity contribution in [3.8, 4) is 0 Å². The Morgan fingerprint density at radius 2 is 2.25 bits per heavy atom. The van der Waals surface area contributed by atoms with E-state index in [1.807, 2.05) is 11.4 Å². The first-order chi connectivity index (χ1) is 7.59. The zero-order valence-electron chi connectivity index (χ0n) is 9.08. The predicted octanol–water partition coefficient (Wildman–Crippen LogP) is 0.671. The molecule has 5 nitrogen and oxygen atoms in total. The molecule has 1 rings (SSSR count). The second-order valence-corrected chi connectivity index (χ2v) is 4.33. The molecule has 0 saturated carbocycles. The first-order valence-electron chi connectivity index (χ1n) is 4.92. The van der Waals surface area contributed by atoms with Gasteiger partial charge in [-0.1, -0.05) is 0 Å². The number of hydrogen-bond acceptors (Lipinski definition) is 4. The van der Waals surface area contributed by atoms with Crippen LogP contribution >= 0.6 is 11.3 Å². The minimum Gasteiger partial charge on any atom is -0.370 e. The van der Waals surface area contributed by atoms with E-state index in [0.29, 0.717) is 19.5 Å². The maximum Gasteiger partial charge on any atom is 0.221 e. The van der Waals surface area contributed by atoms with Gasteiger partial charge in [0, 0.05) is 31.3 Å². The van der Waals surface area contributed by atoms with Crippen LogP contribution in [-0.4, -0.2) is 18.4 Å². The summed E-state index contributed by atoms with van der Waals surface area (Å²) in [5, 5.41) is 7.75. The summed E-state index contributed by atoms with van der Waals surface area (Å²) in [6.07, 6.45) is 0.320. The minimum absolute atomic E-state index is 0.0863. The molecule has 0 aliphatic heterocycles. The van der Waals surface area contributed by atoms with E-state index in [-0.39, 0.29) is 11.8 Å². The molecule has 0 aromatic carbocycles. The molecule has 0 spiro atoms. The molecular formula is C10H15N3O2S. The first-order valence-corrected chi connectivity index (χ1v) is 5.80. The van der Waals surface area contributed by atoms with E-state index in [1.54, 1.807) is 11.3 Å². The smallest absolute Gasteiger partial charge is 0.221 e. The fourth-order valence-electron chi connectivity index (χ4n) is 1.19. The number of nitrogens with one attached hydrogen (secondary N) is 2. The molecule has 0 unspecified atom stereocenters. The highest BCUT2D eigenvalue weighted by molar-refractivity contribution is 7.10. The fourth-order valence-corrected chi connectivity index (χ4v) is 1.99. The zero-order chi connectivity index (χ0) is 12.0. The Morgan fingerprint density at radius 3 is 2.88 bits per heavy atom. The van der Waals surface area contributed by atoms with Crippen LogP contribution in [0, 0.1) is 0 Å². The molecule has 1 aromatic rings. The SMILES string of the molecule is CC(=O)Nc1ccsc1CNCCC(N)=O. The summed E-state index contributed by atoms with van der Waals surface area (Å²) in [5.41, 5.74) is 5.84. The van der Waals surface area contributed by atoms with Gasteiger partial charge < -0.3 is 16.4 Å². The molecule has 4 N–H and O–H groups in total. The Morgan fingerprint density at radius 1 is 1.50 bits per heavy atom. The van der Waals surface area contributed by atoms with Crippen LogP contribution in [0.25, 0.3) is 0 Å². The normalized spacial score (nSPS) is 10.1. The van der Waals surface area contributed by atoms with Crippen LogP contribution in [0.3, 0.4) is 0 Å². The van der Waals surface area contributed by atoms with Crippen LogP contribution in [0.2, 0.25) is 0 Å². The quantitative estimate of drug-likeness (QED) is 0.640. The van der Waals surface area contributed by atoms with Gasteiger partial charge in [-0.05, 0) is 11.4 Å². The Kier molecular flexibility index (Phi) is 4.94. The topological polar surface area (TPSA) is 84.2 Å². The van der Waals surface area contributed by atoms with Gasteiger partial charge in [0.05, 0.1) is 5.69 Å². The molecule has 0 radical (unpaired) electrons. The molecule has 16 heavy (non-hydrogen) atoms. The lowest BCUT2D eigenvalue weighted by Crippen LogP contribution is -2.21. The molecule has 0 aliphatic carbocycles. The first kappa shape index (κ1) is 12.7. The molecule has 88 valence electrons. The van der Waals surface area contributed by atoms with Crippen molar-refractivity contribution in [1.29, 1.82) is 0 Å². The largest absolute Gasteiger partial charge is 0.370 e.